The van der Waals surface area contributed by atoms with Crippen molar-refractivity contribution in [3.63, 3.8) is 0 Å². The Hall–Kier alpha value is -8.52. The fourth-order valence-electron chi connectivity index (χ4n) is 9.39. The standard InChI is InChI=1S/C58H36N6S/c1-3-15-37(16-4-1)40-19-13-21-42(35-40)55-60-56(43-22-14-20-41(36-43)38-17-5-2-6-18-38)62-58(61-55)64-51-27-11-8-24-46(51)48-34-33-47-45-23-7-10-26-50(45)63(53(47)54(48)64)44-31-29-39(30-32-44)57-59-49-25-9-12-28-52(49)65-57/h1-36H. The summed E-state index contributed by atoms with van der Waals surface area (Å²) >= 11 is 1.72. The van der Waals surface area contributed by atoms with Crippen molar-refractivity contribution in [1.82, 2.24) is 29.1 Å². The molecule has 4 aromatic heterocycles. The highest BCUT2D eigenvalue weighted by Crippen LogP contribution is 2.42. The van der Waals surface area contributed by atoms with Crippen LogP contribution in [0.4, 0.5) is 0 Å². The molecule has 9 aromatic carbocycles. The molecular weight excluding hydrogens is 813 g/mol. The molecule has 7 heteroatoms. The average molecular weight is 849 g/mol. The highest BCUT2D eigenvalue weighted by molar-refractivity contribution is 7.21. The summed E-state index contributed by atoms with van der Waals surface area (Å²) in [5.74, 6) is 1.73. The molecule has 0 amide bonds. The van der Waals surface area contributed by atoms with Crippen LogP contribution in [-0.4, -0.2) is 29.1 Å². The van der Waals surface area contributed by atoms with Crippen molar-refractivity contribution in [3.05, 3.63) is 218 Å². The molecular formula is C58H36N6S. The highest BCUT2D eigenvalue weighted by atomic mass is 32.1. The number of aromatic nitrogens is 6. The van der Waals surface area contributed by atoms with E-state index in [9.17, 15) is 0 Å². The third kappa shape index (κ3) is 6.24. The molecule has 0 bridgehead atoms. The Kier molecular flexibility index (Phi) is 8.60. The highest BCUT2D eigenvalue weighted by Gasteiger charge is 2.24. The molecule has 13 aromatic rings. The molecule has 4 heterocycles. The number of hydrogen-bond donors (Lipinski definition) is 0. The molecule has 0 aliphatic rings. The third-order valence-electron chi connectivity index (χ3n) is 12.4. The topological polar surface area (TPSA) is 61.4 Å². The summed E-state index contributed by atoms with van der Waals surface area (Å²) in [5, 5.41) is 5.56. The zero-order valence-electron chi connectivity index (χ0n) is 34.9. The molecule has 0 atom stereocenters. The maximum Gasteiger partial charge on any atom is 0.238 e. The lowest BCUT2D eigenvalue weighted by molar-refractivity contribution is 0.953. The predicted molar refractivity (Wildman–Crippen MR) is 269 cm³/mol. The lowest BCUT2D eigenvalue weighted by Crippen LogP contribution is -2.07. The monoisotopic (exact) mass is 848 g/mol. The van der Waals surface area contributed by atoms with Crippen molar-refractivity contribution >= 4 is 65.2 Å². The summed E-state index contributed by atoms with van der Waals surface area (Å²) in [4.78, 5) is 21.1. The fourth-order valence-corrected chi connectivity index (χ4v) is 10.4. The van der Waals surface area contributed by atoms with Crippen molar-refractivity contribution < 1.29 is 0 Å². The van der Waals surface area contributed by atoms with E-state index in [1.165, 1.54) is 10.1 Å². The van der Waals surface area contributed by atoms with Crippen LogP contribution in [0.3, 0.4) is 0 Å². The van der Waals surface area contributed by atoms with Crippen molar-refractivity contribution in [2.24, 2.45) is 0 Å². The summed E-state index contributed by atoms with van der Waals surface area (Å²) in [6.07, 6.45) is 0. The van der Waals surface area contributed by atoms with Gasteiger partial charge in [0, 0.05) is 43.9 Å². The smallest absolute Gasteiger partial charge is 0.238 e. The van der Waals surface area contributed by atoms with Gasteiger partial charge in [-0.1, -0.05) is 158 Å². The SMILES string of the molecule is c1ccc(-c2cccc(-c3nc(-c4cccc(-c5ccccc5)c4)nc(-n4c5ccccc5c5ccc6c7ccccc7n(-c7ccc(-c8nc9ccccc9s8)cc7)c6c54)n3)c2)cc1. The number of para-hydroxylation sites is 3. The lowest BCUT2D eigenvalue weighted by Gasteiger charge is -2.14. The normalized spacial score (nSPS) is 11.7. The van der Waals surface area contributed by atoms with E-state index in [-0.39, 0.29) is 0 Å². The molecule has 65 heavy (non-hydrogen) atoms. The summed E-state index contributed by atoms with van der Waals surface area (Å²) in [6.45, 7) is 0. The van der Waals surface area contributed by atoms with Gasteiger partial charge >= 0.3 is 0 Å². The van der Waals surface area contributed by atoms with E-state index in [1.54, 1.807) is 11.3 Å². The van der Waals surface area contributed by atoms with Crippen LogP contribution in [0.1, 0.15) is 0 Å². The van der Waals surface area contributed by atoms with Crippen LogP contribution in [0.2, 0.25) is 0 Å². The fraction of sp³-hybridized carbons (Fsp3) is 0. The maximum atomic E-state index is 5.44. The quantitative estimate of drug-likeness (QED) is 0.160. The number of thiazole rings is 1. The van der Waals surface area contributed by atoms with Crippen LogP contribution in [-0.2, 0) is 0 Å². The molecule has 0 saturated heterocycles. The first kappa shape index (κ1) is 37.1. The summed E-state index contributed by atoms with van der Waals surface area (Å²) in [7, 11) is 0. The zero-order valence-corrected chi connectivity index (χ0v) is 35.7. The molecule has 304 valence electrons. The largest absolute Gasteiger partial charge is 0.307 e. The van der Waals surface area contributed by atoms with E-state index in [0.29, 0.717) is 17.6 Å². The van der Waals surface area contributed by atoms with E-state index < -0.39 is 0 Å². The molecule has 0 N–H and O–H groups in total. The summed E-state index contributed by atoms with van der Waals surface area (Å²) in [6, 6.07) is 76.9. The molecule has 0 aliphatic heterocycles. The summed E-state index contributed by atoms with van der Waals surface area (Å²) in [5.41, 5.74) is 13.6. The minimum absolute atomic E-state index is 0.543. The van der Waals surface area contributed by atoms with Gasteiger partial charge in [-0.25, -0.2) is 9.97 Å². The first-order chi connectivity index (χ1) is 32.2. The molecule has 13 rings (SSSR count). The number of rotatable bonds is 7. The van der Waals surface area contributed by atoms with Crippen molar-refractivity contribution in [2.45, 2.75) is 0 Å². The summed E-state index contributed by atoms with van der Waals surface area (Å²) < 4.78 is 5.84. The Morgan fingerprint density at radius 2 is 0.815 bits per heavy atom. The van der Waals surface area contributed by atoms with E-state index in [1.807, 2.05) is 18.2 Å². The number of benzene rings is 9. The van der Waals surface area contributed by atoms with E-state index in [0.717, 1.165) is 93.4 Å². The average Bonchev–Trinajstić information content (AvgIpc) is 4.08. The van der Waals surface area contributed by atoms with Gasteiger partial charge in [0.1, 0.15) is 5.01 Å². The minimum atomic E-state index is 0.543. The van der Waals surface area contributed by atoms with Crippen LogP contribution in [0.25, 0.3) is 121 Å². The Balaban J connectivity index is 1.08. The third-order valence-corrected chi connectivity index (χ3v) is 13.5. The number of nitrogens with zero attached hydrogens (tertiary/aromatic N) is 6. The Labute approximate surface area is 378 Å². The van der Waals surface area contributed by atoms with Gasteiger partial charge < -0.3 is 4.57 Å². The van der Waals surface area contributed by atoms with Gasteiger partial charge in [0.05, 0.1) is 32.3 Å². The van der Waals surface area contributed by atoms with Gasteiger partial charge in [-0.15, -0.1) is 11.3 Å². The van der Waals surface area contributed by atoms with Crippen LogP contribution in [0, 0.1) is 0 Å². The van der Waals surface area contributed by atoms with Crippen molar-refractivity contribution in [1.29, 1.82) is 0 Å². The van der Waals surface area contributed by atoms with Crippen molar-refractivity contribution in [2.75, 3.05) is 0 Å². The van der Waals surface area contributed by atoms with E-state index >= 15 is 0 Å². The second-order valence-electron chi connectivity index (χ2n) is 16.3. The predicted octanol–water partition coefficient (Wildman–Crippen LogP) is 15.0. The van der Waals surface area contributed by atoms with E-state index in [2.05, 4.69) is 209 Å². The van der Waals surface area contributed by atoms with Gasteiger partial charge in [-0.2, -0.15) is 9.97 Å². The van der Waals surface area contributed by atoms with E-state index in [4.69, 9.17) is 19.9 Å². The Morgan fingerprint density at radius 3 is 1.42 bits per heavy atom. The van der Waals surface area contributed by atoms with Gasteiger partial charge in [0.25, 0.3) is 0 Å². The first-order valence-corrected chi connectivity index (χ1v) is 22.5. The number of fused-ring (bicyclic) bond motifs is 8. The van der Waals surface area contributed by atoms with Crippen LogP contribution in [0.5, 0.6) is 0 Å². The van der Waals surface area contributed by atoms with Crippen LogP contribution < -0.4 is 0 Å². The molecule has 0 radical (unpaired) electrons. The second kappa shape index (κ2) is 15.1. The van der Waals surface area contributed by atoms with Crippen LogP contribution >= 0.6 is 11.3 Å². The van der Waals surface area contributed by atoms with Crippen molar-refractivity contribution in [3.8, 4) is 67.2 Å². The van der Waals surface area contributed by atoms with Gasteiger partial charge in [0.15, 0.2) is 11.6 Å². The van der Waals surface area contributed by atoms with Gasteiger partial charge in [0.2, 0.25) is 5.95 Å². The molecule has 0 spiro atoms. The Morgan fingerprint density at radius 1 is 0.323 bits per heavy atom. The zero-order chi connectivity index (χ0) is 42.8. The first-order valence-electron chi connectivity index (χ1n) is 21.7. The molecule has 0 saturated carbocycles. The van der Waals surface area contributed by atoms with Gasteiger partial charge in [-0.3, -0.25) is 4.57 Å². The molecule has 0 aliphatic carbocycles. The Bertz CT molecular complexity index is 3810. The second-order valence-corrected chi connectivity index (χ2v) is 17.3. The van der Waals surface area contributed by atoms with Gasteiger partial charge in [-0.05, 0) is 82.9 Å². The lowest BCUT2D eigenvalue weighted by atomic mass is 10.0. The molecule has 6 nitrogen and oxygen atoms in total. The van der Waals surface area contributed by atoms with Crippen LogP contribution in [0.15, 0.2) is 218 Å². The molecule has 0 fully saturated rings. The maximum absolute atomic E-state index is 5.44. The number of hydrogen-bond acceptors (Lipinski definition) is 5. The minimum Gasteiger partial charge on any atom is -0.307 e. The molecule has 0 unspecified atom stereocenters.